The molecule has 0 radical (unpaired) electrons. The van der Waals surface area contributed by atoms with Crippen molar-refractivity contribution in [3.05, 3.63) is 115 Å². The lowest BCUT2D eigenvalue weighted by molar-refractivity contribution is -0.118. The first-order chi connectivity index (χ1) is 19.4. The van der Waals surface area contributed by atoms with Crippen molar-refractivity contribution in [3.8, 4) is 11.8 Å². The molecule has 3 aromatic rings. The Kier molecular flexibility index (Phi) is 7.76. The molecule has 5 nitrogen and oxygen atoms in total. The van der Waals surface area contributed by atoms with Crippen molar-refractivity contribution < 1.29 is 13.9 Å². The molecular formula is C33H30BrClFN3O2. The van der Waals surface area contributed by atoms with Gasteiger partial charge in [-0.1, -0.05) is 71.2 Å². The minimum Gasteiger partial charge on any atom is -0.487 e. The first-order valence-corrected chi connectivity index (χ1v) is 14.5. The van der Waals surface area contributed by atoms with E-state index in [0.29, 0.717) is 39.4 Å². The summed E-state index contributed by atoms with van der Waals surface area (Å²) in [5.74, 6) is -0.576. The van der Waals surface area contributed by atoms with Gasteiger partial charge in [-0.15, -0.1) is 0 Å². The van der Waals surface area contributed by atoms with Gasteiger partial charge in [-0.2, -0.15) is 5.26 Å². The fourth-order valence-corrected chi connectivity index (χ4v) is 6.41. The molecular weight excluding hydrogens is 605 g/mol. The van der Waals surface area contributed by atoms with Crippen LogP contribution in [0.1, 0.15) is 54.9 Å². The fraction of sp³-hybridized carbons (Fsp3) is 0.273. The number of ether oxygens (including phenoxy) is 1. The van der Waals surface area contributed by atoms with E-state index in [1.807, 2.05) is 58.0 Å². The summed E-state index contributed by atoms with van der Waals surface area (Å²) in [5, 5.41) is 11.0. The number of carbonyl (C=O) groups is 1. The van der Waals surface area contributed by atoms with Crippen LogP contribution < -0.4 is 15.4 Å². The lowest BCUT2D eigenvalue weighted by Gasteiger charge is -2.44. The van der Waals surface area contributed by atoms with Crippen molar-refractivity contribution >= 4 is 39.0 Å². The minimum atomic E-state index is -0.688. The van der Waals surface area contributed by atoms with Gasteiger partial charge >= 0.3 is 0 Å². The van der Waals surface area contributed by atoms with Gasteiger partial charge in [0.15, 0.2) is 5.78 Å². The summed E-state index contributed by atoms with van der Waals surface area (Å²) in [5.41, 5.74) is 11.4. The lowest BCUT2D eigenvalue weighted by Crippen LogP contribution is -2.42. The van der Waals surface area contributed by atoms with E-state index in [1.54, 1.807) is 23.1 Å². The van der Waals surface area contributed by atoms with Crippen LogP contribution in [0.4, 0.5) is 10.1 Å². The monoisotopic (exact) mass is 633 g/mol. The molecule has 5 rings (SSSR count). The van der Waals surface area contributed by atoms with Crippen LogP contribution in [0.3, 0.4) is 0 Å². The lowest BCUT2D eigenvalue weighted by atomic mass is 9.68. The van der Waals surface area contributed by atoms with Gasteiger partial charge in [-0.05, 0) is 72.7 Å². The molecule has 0 fully saturated rings. The van der Waals surface area contributed by atoms with Gasteiger partial charge < -0.3 is 10.5 Å². The zero-order valence-electron chi connectivity index (χ0n) is 23.3. The summed E-state index contributed by atoms with van der Waals surface area (Å²) >= 11 is 9.62. The molecule has 3 aromatic carbocycles. The standard InChI is InChI=1S/C33H30BrClFN3O2/c1-18-11-20(17-41-29-8-6-5-7-24(29)35)19(2)22(12-18)30-23(16-37)32(38)39(26-10-9-21(34)13-25(26)36)27-14-33(3,4)15-28(40)31(27)30/h5-13,30H,14-15,17,38H2,1-4H3. The number of Topliss-reactive ketones (excluding diaryl/α,β-unsaturated/α-hetero) is 1. The number of carbonyl (C=O) groups excluding carboxylic acids is 1. The molecule has 2 aliphatic rings. The number of ketones is 1. The Morgan fingerprint density at radius 1 is 1.17 bits per heavy atom. The van der Waals surface area contributed by atoms with E-state index in [-0.39, 0.29) is 34.9 Å². The maximum Gasteiger partial charge on any atom is 0.162 e. The van der Waals surface area contributed by atoms with Gasteiger partial charge in [0.2, 0.25) is 0 Å². The highest BCUT2D eigenvalue weighted by Gasteiger charge is 2.45. The number of halogens is 3. The molecule has 41 heavy (non-hydrogen) atoms. The van der Waals surface area contributed by atoms with Crippen molar-refractivity contribution in [1.82, 2.24) is 0 Å². The third-order valence-corrected chi connectivity index (χ3v) is 8.57. The third kappa shape index (κ3) is 5.39. The molecule has 0 aromatic heterocycles. The van der Waals surface area contributed by atoms with E-state index in [9.17, 15) is 10.1 Å². The summed E-state index contributed by atoms with van der Waals surface area (Å²) in [7, 11) is 0. The van der Waals surface area contributed by atoms with Crippen LogP contribution >= 0.6 is 27.5 Å². The Labute approximate surface area is 253 Å². The summed E-state index contributed by atoms with van der Waals surface area (Å²) < 4.78 is 22.0. The number of nitrogens with zero attached hydrogens (tertiary/aromatic N) is 2. The zero-order chi connectivity index (χ0) is 29.6. The Morgan fingerprint density at radius 2 is 1.90 bits per heavy atom. The Bertz CT molecular complexity index is 1690. The van der Waals surface area contributed by atoms with E-state index in [1.165, 1.54) is 6.07 Å². The SMILES string of the molecule is Cc1cc(COc2ccccc2Cl)c(C)c(C2C(C#N)=C(N)N(c3ccc(Br)cc3F)C3=C2C(=O)CC(C)(C)C3)c1. The second-order valence-electron chi connectivity index (χ2n) is 11.4. The van der Waals surface area contributed by atoms with Crippen molar-refractivity contribution in [3.63, 3.8) is 0 Å². The molecule has 0 saturated carbocycles. The van der Waals surface area contributed by atoms with E-state index in [0.717, 1.165) is 22.3 Å². The van der Waals surface area contributed by atoms with E-state index in [2.05, 4.69) is 22.0 Å². The second-order valence-corrected chi connectivity index (χ2v) is 12.8. The van der Waals surface area contributed by atoms with Gasteiger partial charge in [-0.25, -0.2) is 4.39 Å². The molecule has 0 bridgehead atoms. The minimum absolute atomic E-state index is 0.0706. The van der Waals surface area contributed by atoms with Crippen LogP contribution in [0.5, 0.6) is 5.75 Å². The van der Waals surface area contributed by atoms with Crippen LogP contribution in [0.25, 0.3) is 0 Å². The van der Waals surface area contributed by atoms with E-state index < -0.39 is 11.7 Å². The van der Waals surface area contributed by atoms with Crippen LogP contribution in [0.2, 0.25) is 5.02 Å². The van der Waals surface area contributed by atoms with Gasteiger partial charge in [-0.3, -0.25) is 9.69 Å². The van der Waals surface area contributed by atoms with Gasteiger partial charge in [0.1, 0.15) is 24.0 Å². The molecule has 8 heteroatoms. The number of hydrogen-bond donors (Lipinski definition) is 1. The fourth-order valence-electron chi connectivity index (χ4n) is 5.89. The number of nitrogens with two attached hydrogens (primary N) is 1. The first kappa shape index (κ1) is 28.9. The van der Waals surface area contributed by atoms with Gasteiger partial charge in [0.25, 0.3) is 0 Å². The highest BCUT2D eigenvalue weighted by atomic mass is 79.9. The number of anilines is 1. The Hall–Kier alpha value is -3.60. The topological polar surface area (TPSA) is 79.3 Å². The molecule has 0 amide bonds. The molecule has 1 unspecified atom stereocenters. The predicted octanol–water partition coefficient (Wildman–Crippen LogP) is 8.38. The quantitative estimate of drug-likeness (QED) is 0.305. The number of nitriles is 1. The van der Waals surface area contributed by atoms with E-state index in [4.69, 9.17) is 22.1 Å². The number of allylic oxidation sites excluding steroid dienone is 3. The molecule has 1 heterocycles. The average molecular weight is 635 g/mol. The van der Waals surface area contributed by atoms with Crippen molar-refractivity contribution in [2.75, 3.05) is 4.90 Å². The predicted molar refractivity (Wildman–Crippen MR) is 163 cm³/mol. The summed E-state index contributed by atoms with van der Waals surface area (Å²) in [6.45, 7) is 8.21. The molecule has 1 atom stereocenters. The summed E-state index contributed by atoms with van der Waals surface area (Å²) in [4.78, 5) is 15.5. The number of para-hydroxylation sites is 1. The van der Waals surface area contributed by atoms with Gasteiger partial charge in [0.05, 0.1) is 28.3 Å². The molecule has 210 valence electrons. The van der Waals surface area contributed by atoms with Crippen LogP contribution in [-0.4, -0.2) is 5.78 Å². The maximum absolute atomic E-state index is 15.4. The van der Waals surface area contributed by atoms with Crippen molar-refractivity contribution in [1.29, 1.82) is 5.26 Å². The second kappa shape index (κ2) is 11.0. The zero-order valence-corrected chi connectivity index (χ0v) is 25.7. The summed E-state index contributed by atoms with van der Waals surface area (Å²) in [6.07, 6.45) is 0.803. The maximum atomic E-state index is 15.4. The van der Waals surface area contributed by atoms with Crippen molar-refractivity contribution in [2.24, 2.45) is 11.1 Å². The molecule has 1 aliphatic heterocycles. The highest BCUT2D eigenvalue weighted by molar-refractivity contribution is 9.10. The number of rotatable bonds is 5. The molecule has 2 N–H and O–H groups in total. The number of aryl methyl sites for hydroxylation is 1. The smallest absolute Gasteiger partial charge is 0.162 e. The van der Waals surface area contributed by atoms with Crippen molar-refractivity contribution in [2.45, 2.75) is 53.1 Å². The first-order valence-electron chi connectivity index (χ1n) is 13.3. The largest absolute Gasteiger partial charge is 0.487 e. The molecule has 0 saturated heterocycles. The van der Waals surface area contributed by atoms with Gasteiger partial charge in [0, 0.05) is 22.2 Å². The number of hydrogen-bond acceptors (Lipinski definition) is 5. The highest BCUT2D eigenvalue weighted by Crippen LogP contribution is 2.51. The van der Waals surface area contributed by atoms with Crippen LogP contribution in [0, 0.1) is 36.4 Å². The third-order valence-electron chi connectivity index (χ3n) is 7.76. The van der Waals surface area contributed by atoms with E-state index >= 15 is 4.39 Å². The average Bonchev–Trinajstić information content (AvgIpc) is 2.89. The summed E-state index contributed by atoms with van der Waals surface area (Å²) in [6, 6.07) is 18.3. The Balaban J connectivity index is 1.69. The number of benzene rings is 3. The molecule has 0 spiro atoms. The molecule has 1 aliphatic carbocycles. The van der Waals surface area contributed by atoms with Crippen LogP contribution in [-0.2, 0) is 11.4 Å². The van der Waals surface area contributed by atoms with Crippen LogP contribution in [0.15, 0.2) is 81.7 Å². The Morgan fingerprint density at radius 3 is 2.59 bits per heavy atom. The normalized spacial score (nSPS) is 18.3.